The molecule has 5 heteroatoms. The van der Waals surface area contributed by atoms with Gasteiger partial charge in [-0.15, -0.1) is 0 Å². The van der Waals surface area contributed by atoms with Crippen molar-refractivity contribution in [3.8, 4) is 5.75 Å². The summed E-state index contributed by atoms with van der Waals surface area (Å²) >= 11 is 5.19. The Balaban J connectivity index is 1.87. The Morgan fingerprint density at radius 2 is 1.74 bits per heavy atom. The Labute approximate surface area is 117 Å². The van der Waals surface area contributed by atoms with Crippen LogP contribution in [0.4, 0.5) is 11.4 Å². The number of nitrogens with one attached hydrogen (secondary N) is 3. The molecule has 4 nitrogen and oxygen atoms in total. The molecule has 2 aromatic carbocycles. The van der Waals surface area contributed by atoms with Crippen molar-refractivity contribution < 1.29 is 4.74 Å². The molecule has 98 valence electrons. The topological polar surface area (TPSA) is 45.3 Å². The second-order valence-electron chi connectivity index (χ2n) is 3.80. The van der Waals surface area contributed by atoms with Crippen molar-refractivity contribution in [1.82, 2.24) is 5.43 Å². The van der Waals surface area contributed by atoms with E-state index in [1.807, 2.05) is 54.6 Å². The maximum atomic E-state index is 5.19. The van der Waals surface area contributed by atoms with Crippen LogP contribution in [0.5, 0.6) is 5.75 Å². The first-order valence-electron chi connectivity index (χ1n) is 5.80. The van der Waals surface area contributed by atoms with Crippen LogP contribution >= 0.6 is 12.2 Å². The van der Waals surface area contributed by atoms with E-state index in [0.717, 1.165) is 17.1 Å². The second-order valence-corrected chi connectivity index (χ2v) is 4.21. The lowest BCUT2D eigenvalue weighted by Gasteiger charge is -2.12. The van der Waals surface area contributed by atoms with Gasteiger partial charge in [0.05, 0.1) is 12.8 Å². The third-order valence-corrected chi connectivity index (χ3v) is 2.63. The minimum Gasteiger partial charge on any atom is -0.497 e. The number of hydrazine groups is 1. The Bertz CT molecular complexity index is 545. The molecule has 0 aromatic heterocycles. The average Bonchev–Trinajstić information content (AvgIpc) is 2.46. The number of thiocarbonyl (C=S) groups is 1. The summed E-state index contributed by atoms with van der Waals surface area (Å²) in [5.41, 5.74) is 7.73. The largest absolute Gasteiger partial charge is 0.497 e. The van der Waals surface area contributed by atoms with Gasteiger partial charge in [0.15, 0.2) is 5.11 Å². The van der Waals surface area contributed by atoms with Crippen molar-refractivity contribution in [1.29, 1.82) is 0 Å². The molecule has 0 amide bonds. The maximum Gasteiger partial charge on any atom is 0.189 e. The summed E-state index contributed by atoms with van der Waals surface area (Å²) in [5.74, 6) is 0.781. The average molecular weight is 273 g/mol. The van der Waals surface area contributed by atoms with Crippen molar-refractivity contribution in [2.24, 2.45) is 0 Å². The molecule has 2 aromatic rings. The first-order valence-corrected chi connectivity index (χ1v) is 6.21. The van der Waals surface area contributed by atoms with E-state index in [0.29, 0.717) is 5.11 Å². The molecule has 0 atom stereocenters. The van der Waals surface area contributed by atoms with Gasteiger partial charge in [-0.2, -0.15) is 0 Å². The van der Waals surface area contributed by atoms with Crippen LogP contribution in [0.15, 0.2) is 54.6 Å². The monoisotopic (exact) mass is 273 g/mol. The highest BCUT2D eigenvalue weighted by Crippen LogP contribution is 2.16. The van der Waals surface area contributed by atoms with Gasteiger partial charge in [-0.05, 0) is 36.5 Å². The van der Waals surface area contributed by atoms with Gasteiger partial charge in [0.25, 0.3) is 0 Å². The quantitative estimate of drug-likeness (QED) is 0.590. The van der Waals surface area contributed by atoms with Crippen LogP contribution in [0.2, 0.25) is 0 Å². The van der Waals surface area contributed by atoms with E-state index in [1.54, 1.807) is 7.11 Å². The predicted octanol–water partition coefficient (Wildman–Crippen LogP) is 3.01. The fraction of sp³-hybridized carbons (Fsp3) is 0.0714. The van der Waals surface area contributed by atoms with Crippen LogP contribution in [-0.4, -0.2) is 12.2 Å². The number of anilines is 2. The molecular weight excluding hydrogens is 258 g/mol. The lowest BCUT2D eigenvalue weighted by Crippen LogP contribution is -2.33. The summed E-state index contributed by atoms with van der Waals surface area (Å²) in [4.78, 5) is 0. The van der Waals surface area contributed by atoms with Gasteiger partial charge in [-0.3, -0.25) is 10.9 Å². The van der Waals surface area contributed by atoms with Crippen LogP contribution in [-0.2, 0) is 0 Å². The molecule has 0 heterocycles. The minimum atomic E-state index is 0.483. The molecule has 2 rings (SSSR count). The predicted molar refractivity (Wildman–Crippen MR) is 82.4 cm³/mol. The summed E-state index contributed by atoms with van der Waals surface area (Å²) in [5, 5.41) is 3.55. The van der Waals surface area contributed by atoms with Crippen molar-refractivity contribution in [3.63, 3.8) is 0 Å². The zero-order chi connectivity index (χ0) is 13.5. The van der Waals surface area contributed by atoms with Crippen molar-refractivity contribution in [2.75, 3.05) is 17.9 Å². The third kappa shape index (κ3) is 4.15. The van der Waals surface area contributed by atoms with Crippen LogP contribution in [0.1, 0.15) is 0 Å². The van der Waals surface area contributed by atoms with Crippen LogP contribution in [0, 0.1) is 0 Å². The van der Waals surface area contributed by atoms with Gasteiger partial charge < -0.3 is 10.1 Å². The van der Waals surface area contributed by atoms with E-state index in [1.165, 1.54) is 0 Å². The molecule has 19 heavy (non-hydrogen) atoms. The Morgan fingerprint density at radius 3 is 2.47 bits per heavy atom. The number of hydrogen-bond donors (Lipinski definition) is 3. The number of rotatable bonds is 4. The SMILES string of the molecule is COc1cccc(NC(=S)NNc2ccccc2)c1. The van der Waals surface area contributed by atoms with E-state index in [2.05, 4.69) is 16.2 Å². The maximum absolute atomic E-state index is 5.19. The summed E-state index contributed by atoms with van der Waals surface area (Å²) in [6, 6.07) is 17.3. The van der Waals surface area contributed by atoms with Gasteiger partial charge in [0, 0.05) is 11.8 Å². The molecule has 0 bridgehead atoms. The van der Waals surface area contributed by atoms with Crippen LogP contribution in [0.25, 0.3) is 0 Å². The number of methoxy groups -OCH3 is 1. The molecule has 0 aliphatic heterocycles. The summed E-state index contributed by atoms with van der Waals surface area (Å²) in [6.45, 7) is 0. The van der Waals surface area contributed by atoms with Crippen LogP contribution in [0.3, 0.4) is 0 Å². The Hall–Kier alpha value is -2.27. The fourth-order valence-corrected chi connectivity index (χ4v) is 1.68. The Morgan fingerprint density at radius 1 is 1.00 bits per heavy atom. The van der Waals surface area contributed by atoms with Gasteiger partial charge in [0.2, 0.25) is 0 Å². The molecule has 0 radical (unpaired) electrons. The molecule has 0 fully saturated rings. The Kier molecular flexibility index (Phi) is 4.58. The van der Waals surface area contributed by atoms with Crippen molar-refractivity contribution >= 4 is 28.7 Å². The van der Waals surface area contributed by atoms with Gasteiger partial charge in [-0.25, -0.2) is 0 Å². The van der Waals surface area contributed by atoms with Gasteiger partial charge in [-0.1, -0.05) is 24.3 Å². The molecule has 3 N–H and O–H groups in total. The van der Waals surface area contributed by atoms with Crippen LogP contribution < -0.4 is 20.9 Å². The zero-order valence-corrected chi connectivity index (χ0v) is 11.3. The highest BCUT2D eigenvalue weighted by molar-refractivity contribution is 7.80. The van der Waals surface area contributed by atoms with E-state index >= 15 is 0 Å². The molecule has 0 unspecified atom stereocenters. The molecule has 0 aliphatic rings. The first-order chi connectivity index (χ1) is 9.28. The minimum absolute atomic E-state index is 0.483. The van der Waals surface area contributed by atoms with E-state index in [-0.39, 0.29) is 0 Å². The first kappa shape index (κ1) is 13.2. The second kappa shape index (κ2) is 6.61. The standard InChI is InChI=1S/C14H15N3OS/c1-18-13-9-5-8-12(10-13)15-14(19)17-16-11-6-3-2-4-7-11/h2-10,16H,1H3,(H2,15,17,19). The van der Waals surface area contributed by atoms with Gasteiger partial charge >= 0.3 is 0 Å². The van der Waals surface area contributed by atoms with Gasteiger partial charge in [0.1, 0.15) is 5.75 Å². The summed E-state index contributed by atoms with van der Waals surface area (Å²) in [6.07, 6.45) is 0. The molecule has 0 spiro atoms. The number of hydrogen-bond acceptors (Lipinski definition) is 3. The smallest absolute Gasteiger partial charge is 0.189 e. The number of ether oxygens (including phenoxy) is 1. The molecule has 0 aliphatic carbocycles. The third-order valence-electron chi connectivity index (χ3n) is 2.42. The normalized spacial score (nSPS) is 9.53. The lowest BCUT2D eigenvalue weighted by molar-refractivity contribution is 0.415. The lowest BCUT2D eigenvalue weighted by atomic mass is 10.3. The number of para-hydroxylation sites is 1. The van der Waals surface area contributed by atoms with E-state index < -0.39 is 0 Å². The summed E-state index contributed by atoms with van der Waals surface area (Å²) < 4.78 is 5.15. The highest BCUT2D eigenvalue weighted by atomic mass is 32.1. The molecule has 0 saturated carbocycles. The number of benzene rings is 2. The van der Waals surface area contributed by atoms with E-state index in [9.17, 15) is 0 Å². The fourth-order valence-electron chi connectivity index (χ4n) is 1.51. The zero-order valence-electron chi connectivity index (χ0n) is 10.5. The van der Waals surface area contributed by atoms with E-state index in [4.69, 9.17) is 17.0 Å². The van der Waals surface area contributed by atoms with Crippen molar-refractivity contribution in [3.05, 3.63) is 54.6 Å². The molecular formula is C14H15N3OS. The highest BCUT2D eigenvalue weighted by Gasteiger charge is 1.98. The van der Waals surface area contributed by atoms with Crippen molar-refractivity contribution in [2.45, 2.75) is 0 Å². The molecule has 0 saturated heterocycles. The summed E-state index contributed by atoms with van der Waals surface area (Å²) in [7, 11) is 1.63.